The van der Waals surface area contributed by atoms with Gasteiger partial charge in [0.25, 0.3) is 5.91 Å². The number of benzene rings is 2. The van der Waals surface area contributed by atoms with Gasteiger partial charge in [-0.2, -0.15) is 9.40 Å². The van der Waals surface area contributed by atoms with E-state index in [2.05, 4.69) is 10.4 Å². The SMILES string of the molecule is CCN(CC)S(=O)(=O)c1ccc(Cl)c(C(=O)Nc2cnn(Cc3ccccc3)c2)c1. The van der Waals surface area contributed by atoms with Gasteiger partial charge in [0.2, 0.25) is 10.0 Å². The van der Waals surface area contributed by atoms with Crippen molar-refractivity contribution >= 4 is 33.2 Å². The number of nitrogens with zero attached hydrogens (tertiary/aromatic N) is 3. The van der Waals surface area contributed by atoms with E-state index in [1.54, 1.807) is 24.7 Å². The van der Waals surface area contributed by atoms with E-state index in [0.29, 0.717) is 25.3 Å². The Morgan fingerprint density at radius 2 is 1.83 bits per heavy atom. The zero-order chi connectivity index (χ0) is 21.7. The van der Waals surface area contributed by atoms with Crippen LogP contribution in [0.1, 0.15) is 29.8 Å². The molecule has 0 radical (unpaired) electrons. The molecule has 1 N–H and O–H groups in total. The number of sulfonamides is 1. The van der Waals surface area contributed by atoms with Crippen LogP contribution < -0.4 is 5.32 Å². The Labute approximate surface area is 181 Å². The normalized spacial score (nSPS) is 11.6. The first kappa shape index (κ1) is 22.0. The van der Waals surface area contributed by atoms with Gasteiger partial charge >= 0.3 is 0 Å². The van der Waals surface area contributed by atoms with Gasteiger partial charge in [-0.05, 0) is 23.8 Å². The first-order valence-corrected chi connectivity index (χ1v) is 11.3. The van der Waals surface area contributed by atoms with Crippen LogP contribution >= 0.6 is 11.6 Å². The third-order valence-electron chi connectivity index (χ3n) is 4.60. The van der Waals surface area contributed by atoms with Crippen LogP contribution in [-0.4, -0.2) is 41.5 Å². The number of amides is 1. The molecule has 9 heteroatoms. The Kier molecular flexibility index (Phi) is 6.91. The van der Waals surface area contributed by atoms with Gasteiger partial charge in [0.1, 0.15) is 0 Å². The summed E-state index contributed by atoms with van der Waals surface area (Å²) in [4.78, 5) is 12.8. The summed E-state index contributed by atoms with van der Waals surface area (Å²) in [6.07, 6.45) is 3.24. The molecule has 3 rings (SSSR count). The maximum Gasteiger partial charge on any atom is 0.257 e. The first-order chi connectivity index (χ1) is 14.3. The molecule has 2 aromatic carbocycles. The fraction of sp³-hybridized carbons (Fsp3) is 0.238. The fourth-order valence-electron chi connectivity index (χ4n) is 3.03. The molecule has 0 atom stereocenters. The summed E-state index contributed by atoms with van der Waals surface area (Å²) >= 11 is 6.18. The highest BCUT2D eigenvalue weighted by Crippen LogP contribution is 2.24. The minimum atomic E-state index is -3.70. The van der Waals surface area contributed by atoms with Crippen molar-refractivity contribution in [1.29, 1.82) is 0 Å². The lowest BCUT2D eigenvalue weighted by Crippen LogP contribution is -2.30. The number of aromatic nitrogens is 2. The molecule has 0 bridgehead atoms. The van der Waals surface area contributed by atoms with Gasteiger partial charge in [0.15, 0.2) is 0 Å². The molecule has 0 aliphatic carbocycles. The Bertz CT molecular complexity index is 1130. The summed E-state index contributed by atoms with van der Waals surface area (Å²) < 4.78 is 28.5. The van der Waals surface area contributed by atoms with Crippen LogP contribution in [0.25, 0.3) is 0 Å². The van der Waals surface area contributed by atoms with Gasteiger partial charge in [-0.3, -0.25) is 9.48 Å². The summed E-state index contributed by atoms with van der Waals surface area (Å²) in [5, 5.41) is 7.14. The lowest BCUT2D eigenvalue weighted by Gasteiger charge is -2.19. The first-order valence-electron chi connectivity index (χ1n) is 9.52. The smallest absolute Gasteiger partial charge is 0.257 e. The van der Waals surface area contributed by atoms with Crippen LogP contribution in [0, 0.1) is 0 Å². The van der Waals surface area contributed by atoms with Crippen LogP contribution in [-0.2, 0) is 16.6 Å². The second-order valence-electron chi connectivity index (χ2n) is 6.60. The number of halogens is 1. The predicted molar refractivity (Wildman–Crippen MR) is 117 cm³/mol. The average molecular weight is 447 g/mol. The Morgan fingerprint density at radius 3 is 2.50 bits per heavy atom. The number of carbonyl (C=O) groups excluding carboxylic acids is 1. The van der Waals surface area contributed by atoms with E-state index in [1.165, 1.54) is 28.7 Å². The number of carbonyl (C=O) groups is 1. The minimum absolute atomic E-state index is 0.0283. The molecule has 0 fully saturated rings. The summed E-state index contributed by atoms with van der Waals surface area (Å²) in [6, 6.07) is 13.9. The average Bonchev–Trinajstić information content (AvgIpc) is 3.16. The van der Waals surface area contributed by atoms with Crippen molar-refractivity contribution in [2.45, 2.75) is 25.3 Å². The van der Waals surface area contributed by atoms with Gasteiger partial charge in [-0.1, -0.05) is 55.8 Å². The third-order valence-corrected chi connectivity index (χ3v) is 6.98. The third kappa shape index (κ3) is 4.89. The van der Waals surface area contributed by atoms with Crippen molar-refractivity contribution < 1.29 is 13.2 Å². The number of nitrogens with one attached hydrogen (secondary N) is 1. The van der Waals surface area contributed by atoms with E-state index in [1.807, 2.05) is 30.3 Å². The van der Waals surface area contributed by atoms with Crippen molar-refractivity contribution in [2.24, 2.45) is 0 Å². The van der Waals surface area contributed by atoms with Gasteiger partial charge in [-0.25, -0.2) is 8.42 Å². The van der Waals surface area contributed by atoms with Crippen LogP contribution in [0.4, 0.5) is 5.69 Å². The second kappa shape index (κ2) is 9.42. The topological polar surface area (TPSA) is 84.3 Å². The molecule has 3 aromatic rings. The molecule has 0 saturated heterocycles. The maximum atomic E-state index is 12.8. The molecule has 158 valence electrons. The highest BCUT2D eigenvalue weighted by atomic mass is 35.5. The van der Waals surface area contributed by atoms with E-state index in [0.717, 1.165) is 5.56 Å². The summed E-state index contributed by atoms with van der Waals surface area (Å²) in [6.45, 7) is 4.76. The highest BCUT2D eigenvalue weighted by molar-refractivity contribution is 7.89. The van der Waals surface area contributed by atoms with Crippen molar-refractivity contribution in [2.75, 3.05) is 18.4 Å². The molecule has 7 nitrogen and oxygen atoms in total. The molecule has 1 aromatic heterocycles. The molecule has 0 unspecified atom stereocenters. The van der Waals surface area contributed by atoms with Crippen molar-refractivity contribution in [3.05, 3.63) is 77.1 Å². The van der Waals surface area contributed by atoms with E-state index < -0.39 is 15.9 Å². The van der Waals surface area contributed by atoms with E-state index in [-0.39, 0.29) is 15.5 Å². The van der Waals surface area contributed by atoms with Crippen molar-refractivity contribution in [3.63, 3.8) is 0 Å². The van der Waals surface area contributed by atoms with Crippen molar-refractivity contribution in [3.8, 4) is 0 Å². The summed E-state index contributed by atoms with van der Waals surface area (Å²) in [5.41, 5.74) is 1.65. The van der Waals surface area contributed by atoms with Crippen molar-refractivity contribution in [1.82, 2.24) is 14.1 Å². The second-order valence-corrected chi connectivity index (χ2v) is 8.94. The van der Waals surface area contributed by atoms with Gasteiger partial charge < -0.3 is 5.32 Å². The van der Waals surface area contributed by atoms with Gasteiger partial charge in [0, 0.05) is 19.3 Å². The largest absolute Gasteiger partial charge is 0.319 e. The molecular weight excluding hydrogens is 424 g/mol. The van der Waals surface area contributed by atoms with Crippen LogP contribution in [0.3, 0.4) is 0 Å². The van der Waals surface area contributed by atoms with Gasteiger partial charge in [0.05, 0.1) is 33.9 Å². The zero-order valence-corrected chi connectivity index (χ0v) is 18.3. The quantitative estimate of drug-likeness (QED) is 0.569. The molecule has 0 saturated carbocycles. The molecule has 30 heavy (non-hydrogen) atoms. The number of hydrogen-bond donors (Lipinski definition) is 1. The summed E-state index contributed by atoms with van der Waals surface area (Å²) in [5.74, 6) is -0.504. The molecule has 0 aliphatic rings. The van der Waals surface area contributed by atoms with Crippen LogP contribution in [0.15, 0.2) is 65.8 Å². The fourth-order valence-corrected chi connectivity index (χ4v) is 4.72. The monoisotopic (exact) mass is 446 g/mol. The molecular formula is C21H23ClN4O3S. The van der Waals surface area contributed by atoms with E-state index in [4.69, 9.17) is 11.6 Å². The predicted octanol–water partition coefficient (Wildman–Crippen LogP) is 3.87. The van der Waals surface area contributed by atoms with Gasteiger partial charge in [-0.15, -0.1) is 0 Å². The van der Waals surface area contributed by atoms with Crippen LogP contribution in [0.5, 0.6) is 0 Å². The Morgan fingerprint density at radius 1 is 1.13 bits per heavy atom. The molecule has 0 aliphatic heterocycles. The number of anilines is 1. The maximum absolute atomic E-state index is 12.8. The summed E-state index contributed by atoms with van der Waals surface area (Å²) in [7, 11) is -3.70. The Hall–Kier alpha value is -2.68. The number of hydrogen-bond acceptors (Lipinski definition) is 4. The molecule has 1 amide bonds. The standard InChI is InChI=1S/C21H23ClN4O3S/c1-3-26(4-2)30(28,29)18-10-11-20(22)19(12-18)21(27)24-17-13-23-25(15-17)14-16-8-6-5-7-9-16/h5-13,15H,3-4,14H2,1-2H3,(H,24,27). The van der Waals surface area contributed by atoms with E-state index in [9.17, 15) is 13.2 Å². The lowest BCUT2D eigenvalue weighted by atomic mass is 10.2. The van der Waals surface area contributed by atoms with E-state index >= 15 is 0 Å². The molecule has 0 spiro atoms. The molecule has 1 heterocycles. The minimum Gasteiger partial charge on any atom is -0.319 e. The highest BCUT2D eigenvalue weighted by Gasteiger charge is 2.24. The zero-order valence-electron chi connectivity index (χ0n) is 16.7. The lowest BCUT2D eigenvalue weighted by molar-refractivity contribution is 0.102. The van der Waals surface area contributed by atoms with Crippen LogP contribution in [0.2, 0.25) is 5.02 Å². The Balaban J connectivity index is 1.79. The number of rotatable bonds is 8.